The topological polar surface area (TPSA) is 26.0 Å². The summed E-state index contributed by atoms with van der Waals surface area (Å²) in [5.41, 5.74) is 7.74. The Bertz CT molecular complexity index is 507. The lowest BCUT2D eigenvalue weighted by atomic mass is 9.99. The second-order valence-electron chi connectivity index (χ2n) is 4.62. The zero-order valence-corrected chi connectivity index (χ0v) is 11.4. The van der Waals surface area contributed by atoms with E-state index in [0.29, 0.717) is 10.6 Å². The molecule has 0 saturated heterocycles. The van der Waals surface area contributed by atoms with Gasteiger partial charge in [-0.1, -0.05) is 48.0 Å². The fourth-order valence-electron chi connectivity index (χ4n) is 2.18. The summed E-state index contributed by atoms with van der Waals surface area (Å²) in [5.74, 6) is -0.320. The molecule has 0 aromatic heterocycles. The highest BCUT2D eigenvalue weighted by atomic mass is 35.5. The van der Waals surface area contributed by atoms with Crippen LogP contribution in [-0.4, -0.2) is 0 Å². The molecule has 0 saturated carbocycles. The largest absolute Gasteiger partial charge is 0.324 e. The Hall–Kier alpha value is -1.38. The standard InChI is InChI=1S/C16H17ClFN/c17-13-9-5-10-14(18)16(13)15(19)11-4-8-12-6-2-1-3-7-12/h1-3,5-7,9-10,15H,4,8,11,19H2. The summed E-state index contributed by atoms with van der Waals surface area (Å²) in [6.07, 6.45) is 2.58. The maximum absolute atomic E-state index is 13.7. The van der Waals surface area contributed by atoms with E-state index in [-0.39, 0.29) is 11.9 Å². The summed E-state index contributed by atoms with van der Waals surface area (Å²) in [7, 11) is 0. The molecule has 0 amide bonds. The molecule has 1 unspecified atom stereocenters. The van der Waals surface area contributed by atoms with Gasteiger partial charge >= 0.3 is 0 Å². The summed E-state index contributed by atoms with van der Waals surface area (Å²) in [6.45, 7) is 0. The smallest absolute Gasteiger partial charge is 0.129 e. The Labute approximate surface area is 118 Å². The van der Waals surface area contributed by atoms with Gasteiger partial charge in [-0.15, -0.1) is 0 Å². The minimum Gasteiger partial charge on any atom is -0.324 e. The Kier molecular flexibility index (Phi) is 4.94. The van der Waals surface area contributed by atoms with Crippen LogP contribution in [0.3, 0.4) is 0 Å². The molecule has 100 valence electrons. The van der Waals surface area contributed by atoms with Crippen molar-refractivity contribution in [2.45, 2.75) is 25.3 Å². The third kappa shape index (κ3) is 3.79. The number of halogens is 2. The van der Waals surface area contributed by atoms with Gasteiger partial charge in [0.25, 0.3) is 0 Å². The molecule has 0 spiro atoms. The van der Waals surface area contributed by atoms with Crippen LogP contribution in [-0.2, 0) is 6.42 Å². The maximum Gasteiger partial charge on any atom is 0.129 e. The summed E-state index contributed by atoms with van der Waals surface area (Å²) in [5, 5.41) is 0.409. The lowest BCUT2D eigenvalue weighted by molar-refractivity contribution is 0.551. The van der Waals surface area contributed by atoms with E-state index >= 15 is 0 Å². The lowest BCUT2D eigenvalue weighted by Gasteiger charge is -2.14. The van der Waals surface area contributed by atoms with Gasteiger partial charge in [0.2, 0.25) is 0 Å². The predicted octanol–water partition coefficient (Wildman–Crippen LogP) is 4.50. The average molecular weight is 278 g/mol. The quantitative estimate of drug-likeness (QED) is 0.855. The molecule has 0 aliphatic carbocycles. The van der Waals surface area contributed by atoms with E-state index in [0.717, 1.165) is 19.3 Å². The summed E-state index contributed by atoms with van der Waals surface area (Å²) < 4.78 is 13.7. The molecule has 0 bridgehead atoms. The van der Waals surface area contributed by atoms with E-state index in [1.54, 1.807) is 12.1 Å². The molecule has 0 radical (unpaired) electrons. The molecule has 3 heteroatoms. The van der Waals surface area contributed by atoms with Gasteiger partial charge in [-0.2, -0.15) is 0 Å². The van der Waals surface area contributed by atoms with Gasteiger partial charge in [0.1, 0.15) is 5.82 Å². The predicted molar refractivity (Wildman–Crippen MR) is 77.7 cm³/mol. The van der Waals surface area contributed by atoms with Crippen LogP contribution in [0.4, 0.5) is 4.39 Å². The van der Waals surface area contributed by atoms with Crippen LogP contribution in [0.5, 0.6) is 0 Å². The van der Waals surface area contributed by atoms with Crippen molar-refractivity contribution < 1.29 is 4.39 Å². The first-order valence-corrected chi connectivity index (χ1v) is 6.79. The molecule has 1 nitrogen and oxygen atoms in total. The Morgan fingerprint density at radius 1 is 1.05 bits per heavy atom. The summed E-state index contributed by atoms with van der Waals surface area (Å²) in [4.78, 5) is 0. The zero-order chi connectivity index (χ0) is 13.7. The van der Waals surface area contributed by atoms with Crippen molar-refractivity contribution in [3.05, 3.63) is 70.5 Å². The first kappa shape index (κ1) is 14.0. The van der Waals surface area contributed by atoms with Gasteiger partial charge in [0.05, 0.1) is 0 Å². The minimum atomic E-state index is -0.350. The number of aryl methyl sites for hydroxylation is 1. The van der Waals surface area contributed by atoms with Crippen LogP contribution in [0.2, 0.25) is 5.02 Å². The van der Waals surface area contributed by atoms with Crippen molar-refractivity contribution in [2.24, 2.45) is 5.73 Å². The van der Waals surface area contributed by atoms with Crippen molar-refractivity contribution in [1.29, 1.82) is 0 Å². The van der Waals surface area contributed by atoms with Crippen LogP contribution in [0, 0.1) is 5.82 Å². The van der Waals surface area contributed by atoms with Crippen LogP contribution >= 0.6 is 11.6 Å². The molecule has 2 aromatic rings. The van der Waals surface area contributed by atoms with E-state index in [1.807, 2.05) is 18.2 Å². The molecule has 1 atom stereocenters. The van der Waals surface area contributed by atoms with E-state index < -0.39 is 0 Å². The molecular formula is C16H17ClFN. The fraction of sp³-hybridized carbons (Fsp3) is 0.250. The molecule has 19 heavy (non-hydrogen) atoms. The van der Waals surface area contributed by atoms with E-state index in [4.69, 9.17) is 17.3 Å². The molecule has 2 aromatic carbocycles. The van der Waals surface area contributed by atoms with E-state index in [1.165, 1.54) is 11.6 Å². The number of rotatable bonds is 5. The minimum absolute atomic E-state index is 0.320. The highest BCUT2D eigenvalue weighted by Gasteiger charge is 2.14. The van der Waals surface area contributed by atoms with Gasteiger partial charge in [0, 0.05) is 16.6 Å². The zero-order valence-electron chi connectivity index (χ0n) is 10.7. The second-order valence-corrected chi connectivity index (χ2v) is 5.03. The van der Waals surface area contributed by atoms with Crippen molar-refractivity contribution in [3.8, 4) is 0 Å². The average Bonchev–Trinajstić information content (AvgIpc) is 2.40. The highest BCUT2D eigenvalue weighted by molar-refractivity contribution is 6.31. The Morgan fingerprint density at radius 3 is 2.47 bits per heavy atom. The van der Waals surface area contributed by atoms with Gasteiger partial charge in [0.15, 0.2) is 0 Å². The van der Waals surface area contributed by atoms with Crippen LogP contribution in [0.1, 0.15) is 30.0 Å². The van der Waals surface area contributed by atoms with Crippen molar-refractivity contribution >= 4 is 11.6 Å². The number of nitrogens with two attached hydrogens (primary N) is 1. The van der Waals surface area contributed by atoms with Gasteiger partial charge in [-0.05, 0) is 37.0 Å². The van der Waals surface area contributed by atoms with Crippen molar-refractivity contribution in [2.75, 3.05) is 0 Å². The third-order valence-electron chi connectivity index (χ3n) is 3.19. The monoisotopic (exact) mass is 277 g/mol. The van der Waals surface area contributed by atoms with Crippen LogP contribution in [0.25, 0.3) is 0 Å². The third-order valence-corrected chi connectivity index (χ3v) is 3.52. The Morgan fingerprint density at radius 2 is 1.79 bits per heavy atom. The molecule has 0 heterocycles. The first-order chi connectivity index (χ1) is 9.18. The molecular weight excluding hydrogens is 261 g/mol. The summed E-state index contributed by atoms with van der Waals surface area (Å²) >= 11 is 6.00. The molecule has 0 fully saturated rings. The highest BCUT2D eigenvalue weighted by Crippen LogP contribution is 2.27. The molecule has 2 N–H and O–H groups in total. The molecule has 0 aliphatic rings. The van der Waals surface area contributed by atoms with Crippen LogP contribution in [0.15, 0.2) is 48.5 Å². The number of benzene rings is 2. The molecule has 0 aliphatic heterocycles. The summed E-state index contributed by atoms with van der Waals surface area (Å²) in [6, 6.07) is 14.5. The lowest BCUT2D eigenvalue weighted by Crippen LogP contribution is -2.13. The number of hydrogen-bond donors (Lipinski definition) is 1. The first-order valence-electron chi connectivity index (χ1n) is 6.42. The van der Waals surface area contributed by atoms with Gasteiger partial charge in [-0.25, -0.2) is 4.39 Å². The molecule has 2 rings (SSSR count). The fourth-order valence-corrected chi connectivity index (χ4v) is 2.48. The number of hydrogen-bond acceptors (Lipinski definition) is 1. The Balaban J connectivity index is 1.93. The van der Waals surface area contributed by atoms with E-state index in [2.05, 4.69) is 12.1 Å². The SMILES string of the molecule is NC(CCCc1ccccc1)c1c(F)cccc1Cl. The van der Waals surface area contributed by atoms with Crippen molar-refractivity contribution in [1.82, 2.24) is 0 Å². The van der Waals surface area contributed by atoms with Crippen molar-refractivity contribution in [3.63, 3.8) is 0 Å². The van der Waals surface area contributed by atoms with Gasteiger partial charge in [-0.3, -0.25) is 0 Å². The normalized spacial score (nSPS) is 12.4. The van der Waals surface area contributed by atoms with E-state index in [9.17, 15) is 4.39 Å². The second kappa shape index (κ2) is 6.69. The van der Waals surface area contributed by atoms with Crippen LogP contribution < -0.4 is 5.73 Å². The maximum atomic E-state index is 13.7. The van der Waals surface area contributed by atoms with Gasteiger partial charge < -0.3 is 5.73 Å².